The van der Waals surface area contributed by atoms with Gasteiger partial charge in [-0.1, -0.05) is 13.8 Å². The zero-order valence-corrected chi connectivity index (χ0v) is 10.8. The first kappa shape index (κ1) is 13.9. The maximum atomic E-state index is 5.87. The standard InChI is InChI=1S/C12H26O2/c1-10(2)8-11(3,4)14-9-12(5,6)13-7/h10H,8-9H2,1-7H3. The van der Waals surface area contributed by atoms with Crippen LogP contribution in [0.15, 0.2) is 0 Å². The van der Waals surface area contributed by atoms with Gasteiger partial charge in [-0.3, -0.25) is 0 Å². The summed E-state index contributed by atoms with van der Waals surface area (Å²) < 4.78 is 11.2. The highest BCUT2D eigenvalue weighted by molar-refractivity contribution is 4.74. The summed E-state index contributed by atoms with van der Waals surface area (Å²) in [6.45, 7) is 13.4. The molecule has 0 aromatic heterocycles. The molecule has 0 aliphatic rings. The first-order valence-electron chi connectivity index (χ1n) is 5.38. The summed E-state index contributed by atoms with van der Waals surface area (Å²) in [5.41, 5.74) is -0.238. The molecule has 0 rings (SSSR count). The Kier molecular flexibility index (Phi) is 5.10. The zero-order chi connectivity index (χ0) is 11.4. The van der Waals surface area contributed by atoms with Crippen molar-refractivity contribution in [3.8, 4) is 0 Å². The van der Waals surface area contributed by atoms with Crippen LogP contribution in [0.5, 0.6) is 0 Å². The van der Waals surface area contributed by atoms with Gasteiger partial charge in [0.15, 0.2) is 0 Å². The third-order valence-electron chi connectivity index (χ3n) is 2.26. The lowest BCUT2D eigenvalue weighted by Crippen LogP contribution is -2.36. The van der Waals surface area contributed by atoms with Crippen molar-refractivity contribution in [2.24, 2.45) is 5.92 Å². The molecular weight excluding hydrogens is 176 g/mol. The van der Waals surface area contributed by atoms with Gasteiger partial charge in [-0.2, -0.15) is 0 Å². The van der Waals surface area contributed by atoms with Crippen LogP contribution >= 0.6 is 0 Å². The third-order valence-corrected chi connectivity index (χ3v) is 2.26. The minimum absolute atomic E-state index is 0.0516. The quantitative estimate of drug-likeness (QED) is 0.658. The Morgan fingerprint density at radius 3 is 1.86 bits per heavy atom. The number of hydrogen-bond acceptors (Lipinski definition) is 2. The Hall–Kier alpha value is -0.0800. The molecule has 0 unspecified atom stereocenters. The topological polar surface area (TPSA) is 18.5 Å². The van der Waals surface area contributed by atoms with E-state index in [1.54, 1.807) is 7.11 Å². The SMILES string of the molecule is COC(C)(C)COC(C)(C)CC(C)C. The second-order valence-corrected chi connectivity index (χ2v) is 5.61. The normalized spacial score (nSPS) is 13.7. The van der Waals surface area contributed by atoms with E-state index in [2.05, 4.69) is 27.7 Å². The highest BCUT2D eigenvalue weighted by Crippen LogP contribution is 2.22. The Balaban J connectivity index is 3.98. The predicted octanol–water partition coefficient (Wildman–Crippen LogP) is 3.25. The highest BCUT2D eigenvalue weighted by Gasteiger charge is 2.25. The van der Waals surface area contributed by atoms with E-state index in [9.17, 15) is 0 Å². The fourth-order valence-electron chi connectivity index (χ4n) is 1.47. The van der Waals surface area contributed by atoms with Crippen molar-refractivity contribution in [2.45, 2.75) is 59.2 Å². The fourth-order valence-corrected chi connectivity index (χ4v) is 1.47. The van der Waals surface area contributed by atoms with Crippen molar-refractivity contribution < 1.29 is 9.47 Å². The lowest BCUT2D eigenvalue weighted by molar-refractivity contribution is -0.112. The molecule has 0 bridgehead atoms. The van der Waals surface area contributed by atoms with E-state index in [4.69, 9.17) is 9.47 Å². The molecule has 2 nitrogen and oxygen atoms in total. The Morgan fingerprint density at radius 2 is 1.50 bits per heavy atom. The maximum Gasteiger partial charge on any atom is 0.0855 e. The van der Waals surface area contributed by atoms with E-state index in [1.165, 1.54) is 0 Å². The summed E-state index contributed by atoms with van der Waals surface area (Å²) in [4.78, 5) is 0. The summed E-state index contributed by atoms with van der Waals surface area (Å²) in [5.74, 6) is 0.663. The molecule has 14 heavy (non-hydrogen) atoms. The van der Waals surface area contributed by atoms with Gasteiger partial charge in [0.05, 0.1) is 17.8 Å². The minimum atomic E-state index is -0.186. The van der Waals surface area contributed by atoms with Crippen LogP contribution in [0.3, 0.4) is 0 Å². The number of hydrogen-bond donors (Lipinski definition) is 0. The maximum absolute atomic E-state index is 5.87. The highest BCUT2D eigenvalue weighted by atomic mass is 16.5. The average molecular weight is 202 g/mol. The molecule has 0 aromatic carbocycles. The van der Waals surface area contributed by atoms with Crippen LogP contribution in [0, 0.1) is 5.92 Å². The van der Waals surface area contributed by atoms with Crippen molar-refractivity contribution >= 4 is 0 Å². The second-order valence-electron chi connectivity index (χ2n) is 5.61. The number of rotatable bonds is 6. The Morgan fingerprint density at radius 1 is 1.00 bits per heavy atom. The third kappa shape index (κ3) is 6.39. The summed E-state index contributed by atoms with van der Waals surface area (Å²) >= 11 is 0. The summed E-state index contributed by atoms with van der Waals surface area (Å²) in [6, 6.07) is 0. The minimum Gasteiger partial charge on any atom is -0.376 e. The lowest BCUT2D eigenvalue weighted by Gasteiger charge is -2.32. The number of ether oxygens (including phenoxy) is 2. The Labute approximate surface area is 89.0 Å². The average Bonchev–Trinajstić information content (AvgIpc) is 1.99. The van der Waals surface area contributed by atoms with Gasteiger partial charge in [0.25, 0.3) is 0 Å². The van der Waals surface area contributed by atoms with Crippen LogP contribution in [-0.4, -0.2) is 24.9 Å². The van der Waals surface area contributed by atoms with Gasteiger partial charge in [0.1, 0.15) is 0 Å². The molecule has 0 amide bonds. The van der Waals surface area contributed by atoms with E-state index in [0.29, 0.717) is 12.5 Å². The summed E-state index contributed by atoms with van der Waals surface area (Å²) in [7, 11) is 1.72. The van der Waals surface area contributed by atoms with Crippen molar-refractivity contribution in [1.29, 1.82) is 0 Å². The smallest absolute Gasteiger partial charge is 0.0855 e. The van der Waals surface area contributed by atoms with Crippen LogP contribution in [-0.2, 0) is 9.47 Å². The molecule has 0 N–H and O–H groups in total. The van der Waals surface area contributed by atoms with E-state index in [0.717, 1.165) is 6.42 Å². The molecule has 0 fully saturated rings. The molecule has 0 saturated carbocycles. The Bertz CT molecular complexity index is 160. The molecule has 0 atom stereocenters. The van der Waals surface area contributed by atoms with Gasteiger partial charge >= 0.3 is 0 Å². The second kappa shape index (κ2) is 5.13. The predicted molar refractivity (Wildman–Crippen MR) is 60.6 cm³/mol. The molecule has 0 heterocycles. The van der Waals surface area contributed by atoms with E-state index < -0.39 is 0 Å². The summed E-state index contributed by atoms with van der Waals surface area (Å²) in [6.07, 6.45) is 1.08. The van der Waals surface area contributed by atoms with Crippen LogP contribution in [0.25, 0.3) is 0 Å². The van der Waals surface area contributed by atoms with E-state index >= 15 is 0 Å². The largest absolute Gasteiger partial charge is 0.376 e. The monoisotopic (exact) mass is 202 g/mol. The van der Waals surface area contributed by atoms with Gasteiger partial charge in [0.2, 0.25) is 0 Å². The number of methoxy groups -OCH3 is 1. The molecule has 86 valence electrons. The van der Waals surface area contributed by atoms with Gasteiger partial charge < -0.3 is 9.47 Å². The lowest BCUT2D eigenvalue weighted by atomic mass is 9.96. The molecule has 0 aliphatic heterocycles. The molecule has 0 aliphatic carbocycles. The summed E-state index contributed by atoms with van der Waals surface area (Å²) in [5, 5.41) is 0. The van der Waals surface area contributed by atoms with Gasteiger partial charge in [0, 0.05) is 7.11 Å². The van der Waals surface area contributed by atoms with Crippen molar-refractivity contribution in [2.75, 3.05) is 13.7 Å². The van der Waals surface area contributed by atoms with E-state index in [-0.39, 0.29) is 11.2 Å². The van der Waals surface area contributed by atoms with E-state index in [1.807, 2.05) is 13.8 Å². The van der Waals surface area contributed by atoms with Gasteiger partial charge in [-0.15, -0.1) is 0 Å². The van der Waals surface area contributed by atoms with Crippen LogP contribution in [0.1, 0.15) is 48.0 Å². The molecule has 0 saturated heterocycles. The molecule has 2 heteroatoms. The van der Waals surface area contributed by atoms with Crippen molar-refractivity contribution in [3.05, 3.63) is 0 Å². The molecule has 0 radical (unpaired) electrons. The molecular formula is C12H26O2. The van der Waals surface area contributed by atoms with Gasteiger partial charge in [-0.05, 0) is 40.0 Å². The molecule has 0 spiro atoms. The van der Waals surface area contributed by atoms with Gasteiger partial charge in [-0.25, -0.2) is 0 Å². The van der Waals surface area contributed by atoms with Crippen molar-refractivity contribution in [3.63, 3.8) is 0 Å². The van der Waals surface area contributed by atoms with Crippen LogP contribution in [0.2, 0.25) is 0 Å². The molecule has 0 aromatic rings. The van der Waals surface area contributed by atoms with Crippen molar-refractivity contribution in [1.82, 2.24) is 0 Å². The first-order valence-corrected chi connectivity index (χ1v) is 5.38. The van der Waals surface area contributed by atoms with Crippen LogP contribution < -0.4 is 0 Å². The van der Waals surface area contributed by atoms with Crippen LogP contribution in [0.4, 0.5) is 0 Å². The fraction of sp³-hybridized carbons (Fsp3) is 1.00. The zero-order valence-electron chi connectivity index (χ0n) is 10.8. The first-order chi connectivity index (χ1) is 6.18.